The minimum Gasteiger partial charge on any atom is -0.313 e. The van der Waals surface area contributed by atoms with Crippen molar-refractivity contribution in [2.45, 2.75) is 31.5 Å². The van der Waals surface area contributed by atoms with Gasteiger partial charge in [-0.15, -0.1) is 11.3 Å². The zero-order valence-electron chi connectivity index (χ0n) is 12.4. The summed E-state index contributed by atoms with van der Waals surface area (Å²) in [6.45, 7) is 7.40. The fourth-order valence-corrected chi connectivity index (χ4v) is 4.23. The van der Waals surface area contributed by atoms with E-state index in [1.54, 1.807) is 6.07 Å². The summed E-state index contributed by atoms with van der Waals surface area (Å²) >= 11 is 1.25. The van der Waals surface area contributed by atoms with Gasteiger partial charge in [0.25, 0.3) is 10.0 Å². The highest BCUT2D eigenvalue weighted by molar-refractivity contribution is 7.94. The first kappa shape index (κ1) is 16.0. The summed E-state index contributed by atoms with van der Waals surface area (Å²) in [5.41, 5.74) is 3.56. The Morgan fingerprint density at radius 1 is 1.19 bits per heavy atom. The molecule has 114 valence electrons. The molecule has 0 atom stereocenters. The summed E-state index contributed by atoms with van der Waals surface area (Å²) in [5, 5.41) is 5.06. The van der Waals surface area contributed by atoms with E-state index in [-0.39, 0.29) is 0 Å². The first-order valence-electron chi connectivity index (χ1n) is 6.80. The Bertz CT molecular complexity index is 721. The molecule has 0 aliphatic carbocycles. The lowest BCUT2D eigenvalue weighted by molar-refractivity contribution is 0.603. The van der Waals surface area contributed by atoms with Gasteiger partial charge in [0, 0.05) is 6.54 Å². The molecule has 0 aliphatic heterocycles. The van der Waals surface area contributed by atoms with Crippen molar-refractivity contribution < 1.29 is 8.42 Å². The van der Waals surface area contributed by atoms with E-state index in [0.717, 1.165) is 23.2 Å². The van der Waals surface area contributed by atoms with E-state index in [9.17, 15) is 8.42 Å². The van der Waals surface area contributed by atoms with Gasteiger partial charge in [-0.1, -0.05) is 19.1 Å². The summed E-state index contributed by atoms with van der Waals surface area (Å²) < 4.78 is 27.9. The smallest absolute Gasteiger partial charge is 0.271 e. The molecular weight excluding hydrogens is 304 g/mol. The van der Waals surface area contributed by atoms with Gasteiger partial charge in [-0.25, -0.2) is 8.42 Å². The van der Waals surface area contributed by atoms with E-state index in [1.807, 2.05) is 44.4 Å². The van der Waals surface area contributed by atoms with Gasteiger partial charge < -0.3 is 5.32 Å². The normalized spacial score (nSPS) is 11.6. The number of sulfonamides is 1. The Morgan fingerprint density at radius 3 is 2.67 bits per heavy atom. The van der Waals surface area contributed by atoms with Crippen LogP contribution >= 0.6 is 11.3 Å². The highest BCUT2D eigenvalue weighted by atomic mass is 32.2. The Kier molecular flexibility index (Phi) is 5.03. The quantitative estimate of drug-likeness (QED) is 0.857. The molecule has 6 heteroatoms. The maximum Gasteiger partial charge on any atom is 0.271 e. The van der Waals surface area contributed by atoms with E-state index in [2.05, 4.69) is 10.0 Å². The van der Waals surface area contributed by atoms with Gasteiger partial charge in [-0.2, -0.15) is 0 Å². The maximum atomic E-state index is 12.4. The Hall–Kier alpha value is -1.37. The third-order valence-electron chi connectivity index (χ3n) is 3.11. The minimum atomic E-state index is -3.52. The first-order valence-corrected chi connectivity index (χ1v) is 9.17. The van der Waals surface area contributed by atoms with Gasteiger partial charge in [0.1, 0.15) is 4.21 Å². The maximum absolute atomic E-state index is 12.4. The average molecular weight is 324 g/mol. The fraction of sp³-hybridized carbons (Fsp3) is 0.333. The summed E-state index contributed by atoms with van der Waals surface area (Å²) in [4.78, 5) is 0. The lowest BCUT2D eigenvalue weighted by Gasteiger charge is -2.10. The Balaban J connectivity index is 2.22. The van der Waals surface area contributed by atoms with Crippen molar-refractivity contribution in [2.24, 2.45) is 0 Å². The fourth-order valence-electron chi connectivity index (χ4n) is 1.90. The number of hydrogen-bond donors (Lipinski definition) is 2. The lowest BCUT2D eigenvalue weighted by atomic mass is 10.1. The molecule has 0 spiro atoms. The van der Waals surface area contributed by atoms with Gasteiger partial charge in [0.2, 0.25) is 0 Å². The van der Waals surface area contributed by atoms with E-state index in [0.29, 0.717) is 16.4 Å². The van der Waals surface area contributed by atoms with Gasteiger partial charge in [0.15, 0.2) is 0 Å². The number of rotatable bonds is 6. The number of hydrogen-bond acceptors (Lipinski definition) is 4. The third kappa shape index (κ3) is 4.06. The summed E-state index contributed by atoms with van der Waals surface area (Å²) in [6, 6.07) is 7.45. The van der Waals surface area contributed by atoms with E-state index < -0.39 is 10.0 Å². The van der Waals surface area contributed by atoms with Crippen LogP contribution in [0.2, 0.25) is 0 Å². The molecule has 0 amide bonds. The van der Waals surface area contributed by atoms with E-state index in [1.165, 1.54) is 11.3 Å². The standard InChI is InChI=1S/C15H20N2O2S2/c1-4-16-9-13-8-15(20-10-13)21(18,19)17-14-7-11(2)5-6-12(14)3/h5-8,10,16-17H,4,9H2,1-3H3. The highest BCUT2D eigenvalue weighted by Gasteiger charge is 2.17. The monoisotopic (exact) mass is 324 g/mol. The zero-order chi connectivity index (χ0) is 15.5. The molecular formula is C15H20N2O2S2. The highest BCUT2D eigenvalue weighted by Crippen LogP contribution is 2.25. The molecule has 0 bridgehead atoms. The topological polar surface area (TPSA) is 58.2 Å². The number of aryl methyl sites for hydroxylation is 2. The Morgan fingerprint density at radius 2 is 1.95 bits per heavy atom. The van der Waals surface area contributed by atoms with Gasteiger partial charge >= 0.3 is 0 Å². The SMILES string of the molecule is CCNCc1csc(S(=O)(=O)Nc2cc(C)ccc2C)c1. The number of anilines is 1. The number of nitrogens with one attached hydrogen (secondary N) is 2. The predicted octanol–water partition coefficient (Wildman–Crippen LogP) is 3.28. The van der Waals surface area contributed by atoms with Gasteiger partial charge in [0.05, 0.1) is 5.69 Å². The second kappa shape index (κ2) is 6.60. The molecule has 4 nitrogen and oxygen atoms in total. The zero-order valence-corrected chi connectivity index (χ0v) is 14.1. The van der Waals surface area contributed by atoms with Gasteiger partial charge in [-0.3, -0.25) is 4.72 Å². The van der Waals surface area contributed by atoms with Crippen LogP contribution < -0.4 is 10.0 Å². The van der Waals surface area contributed by atoms with Crippen LogP contribution in [0.3, 0.4) is 0 Å². The summed E-state index contributed by atoms with van der Waals surface area (Å²) in [6.07, 6.45) is 0. The van der Waals surface area contributed by atoms with Crippen LogP contribution in [-0.2, 0) is 16.6 Å². The van der Waals surface area contributed by atoms with Crippen LogP contribution in [0.1, 0.15) is 23.6 Å². The average Bonchev–Trinajstić information content (AvgIpc) is 2.90. The summed E-state index contributed by atoms with van der Waals surface area (Å²) in [7, 11) is -3.52. The van der Waals surface area contributed by atoms with Crippen LogP contribution in [0.5, 0.6) is 0 Å². The molecule has 0 aliphatic rings. The second-order valence-electron chi connectivity index (χ2n) is 4.98. The van der Waals surface area contributed by atoms with Crippen molar-refractivity contribution >= 4 is 27.0 Å². The number of benzene rings is 1. The van der Waals surface area contributed by atoms with E-state index in [4.69, 9.17) is 0 Å². The molecule has 2 aromatic rings. The molecule has 0 saturated heterocycles. The van der Waals surface area contributed by atoms with Crippen molar-refractivity contribution in [3.8, 4) is 0 Å². The summed E-state index contributed by atoms with van der Waals surface area (Å²) in [5.74, 6) is 0. The van der Waals surface area contributed by atoms with Crippen molar-refractivity contribution in [1.82, 2.24) is 5.32 Å². The molecule has 1 aromatic carbocycles. The Labute approximate surface area is 130 Å². The van der Waals surface area contributed by atoms with E-state index >= 15 is 0 Å². The van der Waals surface area contributed by atoms with Gasteiger partial charge in [-0.05, 0) is 54.6 Å². The minimum absolute atomic E-state index is 0.344. The lowest BCUT2D eigenvalue weighted by Crippen LogP contribution is -2.13. The number of thiophene rings is 1. The molecule has 0 radical (unpaired) electrons. The molecule has 0 saturated carbocycles. The molecule has 0 unspecified atom stereocenters. The predicted molar refractivity (Wildman–Crippen MR) is 88.4 cm³/mol. The molecule has 1 heterocycles. The van der Waals surface area contributed by atoms with Crippen LogP contribution in [0.15, 0.2) is 33.9 Å². The van der Waals surface area contributed by atoms with Crippen molar-refractivity contribution in [2.75, 3.05) is 11.3 Å². The third-order valence-corrected chi connectivity index (χ3v) is 5.96. The molecule has 2 rings (SSSR count). The van der Waals surface area contributed by atoms with Crippen molar-refractivity contribution in [3.63, 3.8) is 0 Å². The van der Waals surface area contributed by atoms with Crippen molar-refractivity contribution in [3.05, 3.63) is 46.3 Å². The molecule has 2 N–H and O–H groups in total. The van der Waals surface area contributed by atoms with Crippen LogP contribution in [0, 0.1) is 13.8 Å². The van der Waals surface area contributed by atoms with Crippen LogP contribution in [0.25, 0.3) is 0 Å². The molecule has 0 fully saturated rings. The van der Waals surface area contributed by atoms with Crippen LogP contribution in [-0.4, -0.2) is 15.0 Å². The van der Waals surface area contributed by atoms with Crippen molar-refractivity contribution in [1.29, 1.82) is 0 Å². The molecule has 21 heavy (non-hydrogen) atoms. The largest absolute Gasteiger partial charge is 0.313 e. The first-order chi connectivity index (χ1) is 9.92. The molecule has 1 aromatic heterocycles. The van der Waals surface area contributed by atoms with Crippen LogP contribution in [0.4, 0.5) is 5.69 Å². The second-order valence-corrected chi connectivity index (χ2v) is 7.80.